The van der Waals surface area contributed by atoms with Crippen LogP contribution in [0.1, 0.15) is 32.3 Å². The summed E-state index contributed by atoms with van der Waals surface area (Å²) < 4.78 is 5.56. The van der Waals surface area contributed by atoms with Crippen molar-refractivity contribution in [2.45, 2.75) is 33.1 Å². The van der Waals surface area contributed by atoms with Gasteiger partial charge in [-0.3, -0.25) is 0 Å². The van der Waals surface area contributed by atoms with E-state index >= 15 is 0 Å². The van der Waals surface area contributed by atoms with Crippen molar-refractivity contribution in [1.29, 1.82) is 0 Å². The maximum Gasteiger partial charge on any atom is 0.119 e. The average molecular weight is 247 g/mol. The van der Waals surface area contributed by atoms with Crippen LogP contribution in [0.15, 0.2) is 36.4 Å². The first kappa shape index (κ1) is 14.8. The number of benzene rings is 1. The predicted molar refractivity (Wildman–Crippen MR) is 78.2 cm³/mol. The number of hydrogen-bond donors (Lipinski definition) is 1. The summed E-state index contributed by atoms with van der Waals surface area (Å²) in [6.45, 7) is 10.8. The molecular weight excluding hydrogens is 222 g/mol. The van der Waals surface area contributed by atoms with E-state index in [9.17, 15) is 0 Å². The van der Waals surface area contributed by atoms with E-state index in [1.54, 1.807) is 0 Å². The number of nitrogens with one attached hydrogen (secondary N) is 1. The molecular formula is C16H25NO. The first-order valence-electron chi connectivity index (χ1n) is 6.79. The fraction of sp³-hybridized carbons (Fsp3) is 0.500. The van der Waals surface area contributed by atoms with Gasteiger partial charge in [0, 0.05) is 0 Å². The monoisotopic (exact) mass is 247 g/mol. The molecule has 2 nitrogen and oxygen atoms in total. The molecule has 0 spiro atoms. The number of ether oxygens (including phenoxy) is 1. The fourth-order valence-electron chi connectivity index (χ4n) is 1.62. The summed E-state index contributed by atoms with van der Waals surface area (Å²) in [4.78, 5) is 0. The highest BCUT2D eigenvalue weighted by molar-refractivity contribution is 5.27. The Morgan fingerprint density at radius 1 is 1.22 bits per heavy atom. The van der Waals surface area contributed by atoms with Crippen molar-refractivity contribution in [2.24, 2.45) is 0 Å². The Balaban J connectivity index is 2.25. The largest absolute Gasteiger partial charge is 0.489 e. The Morgan fingerprint density at radius 2 is 1.94 bits per heavy atom. The van der Waals surface area contributed by atoms with Crippen LogP contribution in [0.2, 0.25) is 0 Å². The molecule has 1 N–H and O–H groups in total. The van der Waals surface area contributed by atoms with Crippen molar-refractivity contribution in [3.63, 3.8) is 0 Å². The van der Waals surface area contributed by atoms with Crippen LogP contribution in [0.5, 0.6) is 5.75 Å². The molecule has 0 saturated heterocycles. The van der Waals surface area contributed by atoms with Crippen LogP contribution in [0.25, 0.3) is 0 Å². The maximum atomic E-state index is 5.56. The first-order valence-corrected chi connectivity index (χ1v) is 6.79. The normalized spacial score (nSPS) is 10.3. The van der Waals surface area contributed by atoms with Gasteiger partial charge in [-0.25, -0.2) is 0 Å². The minimum absolute atomic E-state index is 0.595. The van der Waals surface area contributed by atoms with E-state index in [0.717, 1.165) is 30.8 Å². The molecule has 0 fully saturated rings. The van der Waals surface area contributed by atoms with Crippen molar-refractivity contribution >= 4 is 0 Å². The molecule has 100 valence electrons. The van der Waals surface area contributed by atoms with Crippen molar-refractivity contribution < 1.29 is 4.74 Å². The first-order chi connectivity index (χ1) is 8.72. The molecule has 0 amide bonds. The van der Waals surface area contributed by atoms with E-state index in [-0.39, 0.29) is 0 Å². The van der Waals surface area contributed by atoms with Gasteiger partial charge in [0.15, 0.2) is 0 Å². The van der Waals surface area contributed by atoms with Gasteiger partial charge in [-0.15, -0.1) is 0 Å². The highest BCUT2D eigenvalue weighted by Crippen LogP contribution is 2.13. The second kappa shape index (κ2) is 8.76. The summed E-state index contributed by atoms with van der Waals surface area (Å²) in [6, 6.07) is 8.33. The van der Waals surface area contributed by atoms with E-state index in [0.29, 0.717) is 6.61 Å². The molecule has 2 heteroatoms. The average Bonchev–Trinajstić information content (AvgIpc) is 2.37. The SMILES string of the molecule is C=C(C)COc1ccc(CCNCCCC)cc1. The third kappa shape index (κ3) is 6.45. The van der Waals surface area contributed by atoms with Gasteiger partial charge >= 0.3 is 0 Å². The van der Waals surface area contributed by atoms with E-state index in [2.05, 4.69) is 31.0 Å². The van der Waals surface area contributed by atoms with Crippen LogP contribution in [0, 0.1) is 0 Å². The standard InChI is InChI=1S/C16H25NO/c1-4-5-11-17-12-10-15-6-8-16(9-7-15)18-13-14(2)3/h6-9,17H,2,4-5,10-13H2,1,3H3. The smallest absolute Gasteiger partial charge is 0.119 e. The summed E-state index contributed by atoms with van der Waals surface area (Å²) in [5, 5.41) is 3.45. The fourth-order valence-corrected chi connectivity index (χ4v) is 1.62. The molecule has 0 heterocycles. The zero-order valence-corrected chi connectivity index (χ0v) is 11.7. The van der Waals surface area contributed by atoms with Crippen LogP contribution in [0.3, 0.4) is 0 Å². The van der Waals surface area contributed by atoms with Crippen molar-refractivity contribution in [1.82, 2.24) is 5.32 Å². The highest BCUT2D eigenvalue weighted by Gasteiger charge is 1.96. The summed E-state index contributed by atoms with van der Waals surface area (Å²) in [5.74, 6) is 0.917. The lowest BCUT2D eigenvalue weighted by Crippen LogP contribution is -2.18. The Hall–Kier alpha value is -1.28. The molecule has 0 bridgehead atoms. The summed E-state index contributed by atoms with van der Waals surface area (Å²) >= 11 is 0. The Kier molecular flexibility index (Phi) is 7.19. The second-order valence-electron chi connectivity index (χ2n) is 4.74. The molecule has 0 aromatic heterocycles. The van der Waals surface area contributed by atoms with Crippen LogP contribution in [-0.4, -0.2) is 19.7 Å². The van der Waals surface area contributed by atoms with Gasteiger partial charge in [0.2, 0.25) is 0 Å². The predicted octanol–water partition coefficient (Wildman–Crippen LogP) is 3.57. The Morgan fingerprint density at radius 3 is 2.56 bits per heavy atom. The quantitative estimate of drug-likeness (QED) is 0.532. The van der Waals surface area contributed by atoms with Gasteiger partial charge in [0.25, 0.3) is 0 Å². The lowest BCUT2D eigenvalue weighted by Gasteiger charge is -2.07. The summed E-state index contributed by atoms with van der Waals surface area (Å²) in [6.07, 6.45) is 3.58. The molecule has 18 heavy (non-hydrogen) atoms. The van der Waals surface area contributed by atoms with Gasteiger partial charge in [-0.05, 0) is 56.1 Å². The number of unbranched alkanes of at least 4 members (excludes halogenated alkanes) is 1. The second-order valence-corrected chi connectivity index (χ2v) is 4.74. The molecule has 0 aliphatic carbocycles. The topological polar surface area (TPSA) is 21.3 Å². The number of hydrogen-bond acceptors (Lipinski definition) is 2. The van der Waals surface area contributed by atoms with E-state index in [1.807, 2.05) is 19.1 Å². The molecule has 0 aliphatic heterocycles. The van der Waals surface area contributed by atoms with Crippen molar-refractivity contribution in [3.8, 4) is 5.75 Å². The van der Waals surface area contributed by atoms with E-state index in [1.165, 1.54) is 18.4 Å². The van der Waals surface area contributed by atoms with Gasteiger partial charge < -0.3 is 10.1 Å². The Bertz CT molecular complexity index is 343. The van der Waals surface area contributed by atoms with Gasteiger partial charge in [0.1, 0.15) is 12.4 Å². The lowest BCUT2D eigenvalue weighted by molar-refractivity contribution is 0.352. The molecule has 0 radical (unpaired) electrons. The molecule has 0 aliphatic rings. The van der Waals surface area contributed by atoms with Crippen LogP contribution in [0.4, 0.5) is 0 Å². The summed E-state index contributed by atoms with van der Waals surface area (Å²) in [5.41, 5.74) is 2.39. The summed E-state index contributed by atoms with van der Waals surface area (Å²) in [7, 11) is 0. The minimum Gasteiger partial charge on any atom is -0.489 e. The van der Waals surface area contributed by atoms with Gasteiger partial charge in [0.05, 0.1) is 0 Å². The molecule has 1 rings (SSSR count). The van der Waals surface area contributed by atoms with Gasteiger partial charge in [-0.1, -0.05) is 32.1 Å². The van der Waals surface area contributed by atoms with Crippen LogP contribution < -0.4 is 10.1 Å². The maximum absolute atomic E-state index is 5.56. The molecule has 0 unspecified atom stereocenters. The zero-order valence-electron chi connectivity index (χ0n) is 11.7. The molecule has 0 atom stereocenters. The minimum atomic E-state index is 0.595. The molecule has 1 aromatic rings. The van der Waals surface area contributed by atoms with E-state index < -0.39 is 0 Å². The highest BCUT2D eigenvalue weighted by atomic mass is 16.5. The third-order valence-electron chi connectivity index (χ3n) is 2.71. The third-order valence-corrected chi connectivity index (χ3v) is 2.71. The number of rotatable bonds is 9. The zero-order chi connectivity index (χ0) is 13.2. The van der Waals surface area contributed by atoms with Crippen LogP contribution >= 0.6 is 0 Å². The molecule has 1 aromatic carbocycles. The van der Waals surface area contributed by atoms with Crippen molar-refractivity contribution in [2.75, 3.05) is 19.7 Å². The van der Waals surface area contributed by atoms with Gasteiger partial charge in [-0.2, -0.15) is 0 Å². The lowest BCUT2D eigenvalue weighted by atomic mass is 10.1. The van der Waals surface area contributed by atoms with Crippen LogP contribution in [-0.2, 0) is 6.42 Å². The molecule has 0 saturated carbocycles. The van der Waals surface area contributed by atoms with E-state index in [4.69, 9.17) is 4.74 Å². The van der Waals surface area contributed by atoms with Crippen molar-refractivity contribution in [3.05, 3.63) is 42.0 Å². The Labute approximate surface area is 111 Å².